The van der Waals surface area contributed by atoms with Gasteiger partial charge in [0.1, 0.15) is 0 Å². The Hall–Kier alpha value is -0.550. The predicted molar refractivity (Wildman–Crippen MR) is 85.1 cm³/mol. The van der Waals surface area contributed by atoms with Gasteiger partial charge in [-0.05, 0) is 62.1 Å². The second-order valence-electron chi connectivity index (χ2n) is 5.15. The molecule has 1 N–H and O–H groups in total. The molecule has 1 aromatic carbocycles. The van der Waals surface area contributed by atoms with Crippen molar-refractivity contribution < 1.29 is 8.18 Å². The molecular weight excluding hydrogens is 351 g/mol. The first-order valence-corrected chi connectivity index (χ1v) is 8.97. The third-order valence-corrected chi connectivity index (χ3v) is 5.07. The van der Waals surface area contributed by atoms with Crippen molar-refractivity contribution in [3.05, 3.63) is 45.6 Å². The maximum absolute atomic E-state index is 10.2. The lowest BCUT2D eigenvalue weighted by molar-refractivity contribution is 0.153. The van der Waals surface area contributed by atoms with Gasteiger partial charge in [0.15, 0.2) is 21.2 Å². The lowest BCUT2D eigenvalue weighted by atomic mass is 9.76. The van der Waals surface area contributed by atoms with Gasteiger partial charge < -0.3 is 5.11 Å². The quantitative estimate of drug-likeness (QED) is 0.585. The van der Waals surface area contributed by atoms with E-state index in [4.69, 9.17) is 0 Å². The fourth-order valence-electron chi connectivity index (χ4n) is 2.88. The van der Waals surface area contributed by atoms with Crippen LogP contribution >= 0.6 is 21.2 Å². The summed E-state index contributed by atoms with van der Waals surface area (Å²) in [5.74, 6) is 0.743. The second-order valence-corrected chi connectivity index (χ2v) is 6.84. The summed E-state index contributed by atoms with van der Waals surface area (Å²) in [6.07, 6.45) is 9.59. The fourth-order valence-corrected chi connectivity index (χ4v) is 3.58. The van der Waals surface area contributed by atoms with Gasteiger partial charge in [-0.15, -0.1) is 0 Å². The number of allylic oxidation sites excluding steroid dienone is 1. The Balaban J connectivity index is 0.000000148. The van der Waals surface area contributed by atoms with Crippen LogP contribution in [0.5, 0.6) is 0 Å². The molecule has 1 saturated carbocycles. The van der Waals surface area contributed by atoms with Crippen LogP contribution in [0.4, 0.5) is 0 Å². The summed E-state index contributed by atoms with van der Waals surface area (Å²) in [6, 6.07) is 9.46. The molecule has 0 radical (unpaired) electrons. The molecular formula is C16H21IO2. The van der Waals surface area contributed by atoms with Crippen LogP contribution in [-0.4, -0.2) is 11.2 Å². The van der Waals surface area contributed by atoms with Crippen molar-refractivity contribution in [1.29, 1.82) is 0 Å². The molecule has 1 aromatic rings. The van der Waals surface area contributed by atoms with Crippen LogP contribution in [0.25, 0.3) is 0 Å². The highest BCUT2D eigenvalue weighted by Gasteiger charge is 2.26. The standard InChI is InChI=1S/C10H16O.C6H5IO/c11-10-7-3-5-8-4-1-2-6-9(8)10;8-7-6-4-2-1-3-5-6/h6,8,10-11H,1-5,7H2;1-5H. The molecule has 0 saturated heterocycles. The van der Waals surface area contributed by atoms with E-state index in [1.165, 1.54) is 37.7 Å². The number of rotatable bonds is 1. The smallest absolute Gasteiger partial charge is 0.182 e. The fraction of sp³-hybridized carbons (Fsp3) is 0.500. The zero-order valence-corrected chi connectivity index (χ0v) is 13.3. The van der Waals surface area contributed by atoms with Gasteiger partial charge in [0.2, 0.25) is 0 Å². The Morgan fingerprint density at radius 1 is 1.05 bits per heavy atom. The molecule has 2 aliphatic rings. The summed E-state index contributed by atoms with van der Waals surface area (Å²) in [5.41, 5.74) is 1.36. The van der Waals surface area contributed by atoms with Crippen molar-refractivity contribution in [2.24, 2.45) is 5.92 Å². The molecule has 2 aliphatic carbocycles. The first kappa shape index (κ1) is 14.9. The van der Waals surface area contributed by atoms with E-state index >= 15 is 0 Å². The normalized spacial score (nSPS) is 25.6. The van der Waals surface area contributed by atoms with Crippen molar-refractivity contribution in [1.82, 2.24) is 0 Å². The highest BCUT2D eigenvalue weighted by molar-refractivity contribution is 14.1. The third-order valence-electron chi connectivity index (χ3n) is 3.85. The van der Waals surface area contributed by atoms with Gasteiger partial charge in [-0.25, -0.2) is 0 Å². The van der Waals surface area contributed by atoms with E-state index in [9.17, 15) is 8.18 Å². The average Bonchev–Trinajstić information content (AvgIpc) is 2.49. The summed E-state index contributed by atoms with van der Waals surface area (Å²) in [6.45, 7) is 0. The van der Waals surface area contributed by atoms with Gasteiger partial charge in [-0.1, -0.05) is 24.3 Å². The minimum absolute atomic E-state index is 0.0888. The van der Waals surface area contributed by atoms with Crippen LogP contribution in [0, 0.1) is 9.49 Å². The summed E-state index contributed by atoms with van der Waals surface area (Å²) in [7, 11) is 0. The lowest BCUT2D eigenvalue weighted by Crippen LogP contribution is -2.25. The number of hydrogen-bond donors (Lipinski definition) is 1. The summed E-state index contributed by atoms with van der Waals surface area (Å²) < 4.78 is 11.2. The van der Waals surface area contributed by atoms with E-state index in [2.05, 4.69) is 6.08 Å². The molecule has 2 nitrogen and oxygen atoms in total. The van der Waals surface area contributed by atoms with Crippen molar-refractivity contribution in [3.63, 3.8) is 0 Å². The first-order valence-electron chi connectivity index (χ1n) is 7.01. The summed E-state index contributed by atoms with van der Waals surface area (Å²) in [4.78, 5) is 0. The van der Waals surface area contributed by atoms with Gasteiger partial charge in [-0.3, -0.25) is 3.07 Å². The van der Waals surface area contributed by atoms with Crippen LogP contribution in [0.1, 0.15) is 38.5 Å². The number of aliphatic hydroxyl groups excluding tert-OH is 1. The van der Waals surface area contributed by atoms with Gasteiger partial charge in [-0.2, -0.15) is 0 Å². The minimum Gasteiger partial charge on any atom is -0.389 e. The SMILES string of the molecule is O=Ic1ccccc1.OC1CCCC2CCCC=C12. The molecule has 1 fully saturated rings. The Kier molecular flexibility index (Phi) is 6.17. The molecule has 19 heavy (non-hydrogen) atoms. The maximum Gasteiger partial charge on any atom is 0.182 e. The molecule has 3 rings (SSSR count). The van der Waals surface area contributed by atoms with Gasteiger partial charge >= 0.3 is 0 Å². The molecule has 0 heterocycles. The Labute approximate surface area is 125 Å². The van der Waals surface area contributed by atoms with Crippen LogP contribution in [-0.2, 0) is 3.07 Å². The number of hydrogen-bond acceptors (Lipinski definition) is 2. The highest BCUT2D eigenvalue weighted by atomic mass is 127. The highest BCUT2D eigenvalue weighted by Crippen LogP contribution is 2.36. The molecule has 3 heteroatoms. The van der Waals surface area contributed by atoms with Crippen LogP contribution < -0.4 is 0 Å². The van der Waals surface area contributed by atoms with E-state index in [0.29, 0.717) is 0 Å². The summed E-state index contributed by atoms with van der Waals surface area (Å²) in [5, 5.41) is 9.64. The van der Waals surface area contributed by atoms with Gasteiger partial charge in [0.25, 0.3) is 0 Å². The number of fused-ring (bicyclic) bond motifs is 1. The molecule has 2 unspecified atom stereocenters. The van der Waals surface area contributed by atoms with Crippen LogP contribution in [0.3, 0.4) is 0 Å². The van der Waals surface area contributed by atoms with E-state index in [1.54, 1.807) is 0 Å². The van der Waals surface area contributed by atoms with Gasteiger partial charge in [0, 0.05) is 3.57 Å². The first-order chi connectivity index (χ1) is 9.31. The van der Waals surface area contributed by atoms with Crippen molar-refractivity contribution in [2.75, 3.05) is 0 Å². The number of halogens is 1. The largest absolute Gasteiger partial charge is 0.389 e. The Morgan fingerprint density at radius 2 is 1.79 bits per heavy atom. The average molecular weight is 372 g/mol. The van der Waals surface area contributed by atoms with E-state index in [0.717, 1.165) is 15.9 Å². The Morgan fingerprint density at radius 3 is 2.42 bits per heavy atom. The number of benzene rings is 1. The van der Waals surface area contributed by atoms with Crippen molar-refractivity contribution >= 4 is 21.2 Å². The molecule has 0 aromatic heterocycles. The monoisotopic (exact) mass is 372 g/mol. The molecule has 0 spiro atoms. The van der Waals surface area contributed by atoms with Crippen LogP contribution in [0.15, 0.2) is 42.0 Å². The van der Waals surface area contributed by atoms with Crippen molar-refractivity contribution in [2.45, 2.75) is 44.6 Å². The molecule has 0 aliphatic heterocycles. The van der Waals surface area contributed by atoms with E-state index in [-0.39, 0.29) is 6.10 Å². The Bertz CT molecular complexity index is 428. The summed E-state index contributed by atoms with van der Waals surface area (Å²) >= 11 is -0.941. The molecule has 0 amide bonds. The van der Waals surface area contributed by atoms with E-state index in [1.807, 2.05) is 30.3 Å². The number of aliphatic hydroxyl groups is 1. The zero-order chi connectivity index (χ0) is 13.5. The van der Waals surface area contributed by atoms with Crippen molar-refractivity contribution in [3.8, 4) is 0 Å². The third kappa shape index (κ3) is 4.49. The predicted octanol–water partition coefficient (Wildman–Crippen LogP) is 4.43. The molecule has 0 bridgehead atoms. The molecule has 104 valence electrons. The molecule has 2 atom stereocenters. The van der Waals surface area contributed by atoms with Gasteiger partial charge in [0.05, 0.1) is 6.10 Å². The van der Waals surface area contributed by atoms with Crippen LogP contribution in [0.2, 0.25) is 0 Å². The topological polar surface area (TPSA) is 37.3 Å². The van der Waals surface area contributed by atoms with E-state index < -0.39 is 21.2 Å². The minimum atomic E-state index is -0.941. The maximum atomic E-state index is 10.2. The lowest BCUT2D eigenvalue weighted by Gasteiger charge is -2.32. The second kappa shape index (κ2) is 7.90. The zero-order valence-electron chi connectivity index (χ0n) is 11.1.